The van der Waals surface area contributed by atoms with E-state index >= 15 is 0 Å². The molecule has 0 aliphatic carbocycles. The van der Waals surface area contributed by atoms with Gasteiger partial charge in [0.1, 0.15) is 0 Å². The summed E-state index contributed by atoms with van der Waals surface area (Å²) in [5.41, 5.74) is 2.24. The van der Waals surface area contributed by atoms with Crippen molar-refractivity contribution in [2.45, 2.75) is 26.8 Å². The topological polar surface area (TPSA) is 29.6 Å². The van der Waals surface area contributed by atoms with Gasteiger partial charge in [-0.15, -0.1) is 11.3 Å². The molecule has 26 heavy (non-hydrogen) atoms. The number of nitrogens with zero attached hydrogens (tertiary/aromatic N) is 3. The molecule has 4 rings (SSSR count). The summed E-state index contributed by atoms with van der Waals surface area (Å²) in [6, 6.07) is 19.4. The molecule has 0 fully saturated rings. The van der Waals surface area contributed by atoms with E-state index in [4.69, 9.17) is 5.10 Å². The van der Waals surface area contributed by atoms with Crippen LogP contribution in [0.3, 0.4) is 0 Å². The van der Waals surface area contributed by atoms with Gasteiger partial charge in [0.15, 0.2) is 0 Å². The predicted octanol–water partition coefficient (Wildman–Crippen LogP) is 5.36. The van der Waals surface area contributed by atoms with Crippen LogP contribution in [0.5, 0.6) is 0 Å². The minimum atomic E-state index is 0.243. The van der Waals surface area contributed by atoms with Gasteiger partial charge in [-0.05, 0) is 48.4 Å². The Bertz CT molecular complexity index is 1120. The van der Waals surface area contributed by atoms with E-state index in [0.717, 1.165) is 16.1 Å². The van der Waals surface area contributed by atoms with Crippen molar-refractivity contribution < 1.29 is 0 Å². The standard InChI is InChI=1S/C22H21N3S/c1-15(2)24-22-25(16(3)14-26-22)23-13-21-19-10-6-4-8-17(19)12-18-9-5-7-11-20(18)21/h4-15H,1-3H3. The molecule has 3 nitrogen and oxygen atoms in total. The first kappa shape index (κ1) is 16.7. The highest BCUT2D eigenvalue weighted by Gasteiger charge is 2.06. The molecule has 0 spiro atoms. The van der Waals surface area contributed by atoms with Crippen LogP contribution in [-0.2, 0) is 0 Å². The smallest absolute Gasteiger partial charge is 0.206 e. The van der Waals surface area contributed by atoms with Crippen molar-refractivity contribution in [3.05, 3.63) is 76.0 Å². The quantitative estimate of drug-likeness (QED) is 0.348. The molecule has 0 saturated heterocycles. The van der Waals surface area contributed by atoms with E-state index in [9.17, 15) is 0 Å². The van der Waals surface area contributed by atoms with E-state index in [2.05, 4.69) is 85.7 Å². The molecular weight excluding hydrogens is 338 g/mol. The molecule has 4 heteroatoms. The van der Waals surface area contributed by atoms with Crippen molar-refractivity contribution in [2.75, 3.05) is 0 Å². The van der Waals surface area contributed by atoms with Crippen molar-refractivity contribution in [2.24, 2.45) is 10.1 Å². The average molecular weight is 359 g/mol. The van der Waals surface area contributed by atoms with Gasteiger partial charge < -0.3 is 0 Å². The summed E-state index contributed by atoms with van der Waals surface area (Å²) < 4.78 is 1.93. The summed E-state index contributed by atoms with van der Waals surface area (Å²) in [6.07, 6.45) is 1.98. The van der Waals surface area contributed by atoms with Gasteiger partial charge in [-0.1, -0.05) is 48.5 Å². The minimum Gasteiger partial charge on any atom is -0.255 e. The van der Waals surface area contributed by atoms with Gasteiger partial charge in [0.05, 0.1) is 11.9 Å². The molecule has 0 aliphatic heterocycles. The molecule has 1 aromatic heterocycles. The highest BCUT2D eigenvalue weighted by atomic mass is 32.1. The van der Waals surface area contributed by atoms with Crippen LogP contribution in [0.4, 0.5) is 0 Å². The average Bonchev–Trinajstić information content (AvgIpc) is 2.97. The number of fused-ring (bicyclic) bond motifs is 2. The summed E-state index contributed by atoms with van der Waals surface area (Å²) in [5, 5.41) is 11.8. The monoisotopic (exact) mass is 359 g/mol. The molecule has 130 valence electrons. The summed E-state index contributed by atoms with van der Waals surface area (Å²) >= 11 is 1.63. The lowest BCUT2D eigenvalue weighted by Crippen LogP contribution is -2.14. The zero-order chi connectivity index (χ0) is 18.1. The molecule has 0 amide bonds. The van der Waals surface area contributed by atoms with Crippen molar-refractivity contribution >= 4 is 39.1 Å². The number of rotatable bonds is 3. The lowest BCUT2D eigenvalue weighted by Gasteiger charge is -2.08. The van der Waals surface area contributed by atoms with Crippen LogP contribution in [-0.4, -0.2) is 16.9 Å². The van der Waals surface area contributed by atoms with E-state index < -0.39 is 0 Å². The molecule has 0 bridgehead atoms. The van der Waals surface area contributed by atoms with Gasteiger partial charge in [-0.25, -0.2) is 4.68 Å². The van der Waals surface area contributed by atoms with Gasteiger partial charge in [0.25, 0.3) is 0 Å². The van der Waals surface area contributed by atoms with Crippen molar-refractivity contribution in [3.63, 3.8) is 0 Å². The highest BCUT2D eigenvalue weighted by Crippen LogP contribution is 2.27. The first-order valence-electron chi connectivity index (χ1n) is 8.79. The number of hydrogen-bond acceptors (Lipinski definition) is 3. The Morgan fingerprint density at radius 3 is 2.19 bits per heavy atom. The first-order valence-corrected chi connectivity index (χ1v) is 9.67. The van der Waals surface area contributed by atoms with E-state index in [1.54, 1.807) is 11.3 Å². The fourth-order valence-electron chi connectivity index (χ4n) is 3.14. The lowest BCUT2D eigenvalue weighted by atomic mass is 9.97. The molecule has 0 unspecified atom stereocenters. The maximum atomic E-state index is 4.80. The number of hydrogen-bond donors (Lipinski definition) is 0. The maximum Gasteiger partial charge on any atom is 0.206 e. The Kier molecular flexibility index (Phi) is 4.43. The van der Waals surface area contributed by atoms with E-state index in [0.29, 0.717) is 0 Å². The normalized spacial score (nSPS) is 12.8. The largest absolute Gasteiger partial charge is 0.255 e. The van der Waals surface area contributed by atoms with Crippen LogP contribution in [0, 0.1) is 6.92 Å². The molecule has 3 aromatic carbocycles. The fourth-order valence-corrected chi connectivity index (χ4v) is 4.08. The zero-order valence-corrected chi connectivity index (χ0v) is 16.0. The fraction of sp³-hybridized carbons (Fsp3) is 0.182. The van der Waals surface area contributed by atoms with Crippen LogP contribution in [0.1, 0.15) is 25.1 Å². The minimum absolute atomic E-state index is 0.243. The second kappa shape index (κ2) is 6.89. The van der Waals surface area contributed by atoms with Crippen LogP contribution < -0.4 is 4.80 Å². The van der Waals surface area contributed by atoms with Gasteiger partial charge in [0, 0.05) is 17.0 Å². The van der Waals surface area contributed by atoms with Gasteiger partial charge in [-0.3, -0.25) is 4.99 Å². The first-order chi connectivity index (χ1) is 12.6. The SMILES string of the molecule is Cc1csc(=NC(C)C)n1N=Cc1c2ccccc2cc2ccccc12. The van der Waals surface area contributed by atoms with Gasteiger partial charge in [-0.2, -0.15) is 5.10 Å². The molecule has 0 atom stereocenters. The molecular formula is C22H21N3S. The lowest BCUT2D eigenvalue weighted by molar-refractivity contribution is 0.738. The third-order valence-corrected chi connectivity index (χ3v) is 5.28. The second-order valence-electron chi connectivity index (χ2n) is 6.67. The van der Waals surface area contributed by atoms with Crippen LogP contribution in [0.15, 0.2) is 70.1 Å². The summed E-state index contributed by atoms with van der Waals surface area (Å²) in [7, 11) is 0. The Labute approximate surface area is 157 Å². The second-order valence-corrected chi connectivity index (χ2v) is 7.51. The molecule has 0 radical (unpaired) electrons. The molecule has 1 heterocycles. The molecule has 0 saturated carbocycles. The maximum absolute atomic E-state index is 4.80. The highest BCUT2D eigenvalue weighted by molar-refractivity contribution is 7.07. The van der Waals surface area contributed by atoms with Crippen molar-refractivity contribution in [3.8, 4) is 0 Å². The Balaban J connectivity index is 1.95. The number of thiazole rings is 1. The third-order valence-electron chi connectivity index (χ3n) is 4.33. The number of benzene rings is 3. The molecule has 0 N–H and O–H groups in total. The summed E-state index contributed by atoms with van der Waals surface area (Å²) in [4.78, 5) is 5.61. The number of aryl methyl sites for hydroxylation is 1. The summed E-state index contributed by atoms with van der Waals surface area (Å²) in [5.74, 6) is 0. The Morgan fingerprint density at radius 1 is 0.962 bits per heavy atom. The predicted molar refractivity (Wildman–Crippen MR) is 112 cm³/mol. The zero-order valence-electron chi connectivity index (χ0n) is 15.2. The van der Waals surface area contributed by atoms with E-state index in [1.807, 2.05) is 10.9 Å². The molecule has 0 aliphatic rings. The Hall–Kier alpha value is -2.72. The van der Waals surface area contributed by atoms with E-state index in [-0.39, 0.29) is 6.04 Å². The van der Waals surface area contributed by atoms with Gasteiger partial charge >= 0.3 is 0 Å². The van der Waals surface area contributed by atoms with Crippen LogP contribution in [0.25, 0.3) is 21.5 Å². The van der Waals surface area contributed by atoms with Crippen LogP contribution >= 0.6 is 11.3 Å². The van der Waals surface area contributed by atoms with E-state index in [1.165, 1.54) is 21.5 Å². The van der Waals surface area contributed by atoms with Crippen molar-refractivity contribution in [1.82, 2.24) is 4.68 Å². The molecule has 4 aromatic rings. The van der Waals surface area contributed by atoms with Gasteiger partial charge in [0.2, 0.25) is 4.80 Å². The number of aromatic nitrogens is 1. The third kappa shape index (κ3) is 3.08. The summed E-state index contributed by atoms with van der Waals surface area (Å²) in [6.45, 7) is 6.23. The van der Waals surface area contributed by atoms with Crippen molar-refractivity contribution in [1.29, 1.82) is 0 Å². The Morgan fingerprint density at radius 2 is 1.58 bits per heavy atom. The van der Waals surface area contributed by atoms with Crippen LogP contribution in [0.2, 0.25) is 0 Å².